The molecule has 92 valence electrons. The highest BCUT2D eigenvalue weighted by Gasteiger charge is 2.15. The van der Waals surface area contributed by atoms with Gasteiger partial charge in [0.25, 0.3) is 0 Å². The molecule has 0 spiro atoms. The van der Waals surface area contributed by atoms with E-state index in [4.69, 9.17) is 5.11 Å². The molecular formula is C13H18N2O2. The molecule has 0 radical (unpaired) electrons. The lowest BCUT2D eigenvalue weighted by molar-refractivity contribution is -0.138. The van der Waals surface area contributed by atoms with Gasteiger partial charge in [-0.2, -0.15) is 0 Å². The lowest BCUT2D eigenvalue weighted by atomic mass is 10.1. The Morgan fingerprint density at radius 1 is 1.41 bits per heavy atom. The van der Waals surface area contributed by atoms with E-state index in [1.165, 1.54) is 24.0 Å². The van der Waals surface area contributed by atoms with Gasteiger partial charge in [0.1, 0.15) is 6.04 Å². The molecular weight excluding hydrogens is 216 g/mol. The second-order valence-electron chi connectivity index (χ2n) is 4.40. The molecule has 2 rings (SSSR count). The standard InChI is InChI=1S/C13H18N2O2/c1-14-12(13(16)17)8-15-11-6-5-9-3-2-4-10(9)7-11/h5-7,12,14-15H,2-4,8H2,1H3,(H,16,17). The van der Waals surface area contributed by atoms with Gasteiger partial charge in [0.2, 0.25) is 0 Å². The minimum absolute atomic E-state index is 0.393. The van der Waals surface area contributed by atoms with E-state index in [9.17, 15) is 4.79 Å². The van der Waals surface area contributed by atoms with Gasteiger partial charge in [0.15, 0.2) is 0 Å². The molecule has 0 heterocycles. The Kier molecular flexibility index (Phi) is 3.64. The predicted octanol–water partition coefficient (Wildman–Crippen LogP) is 1.26. The maximum atomic E-state index is 10.8. The van der Waals surface area contributed by atoms with Crippen LogP contribution in [0.2, 0.25) is 0 Å². The summed E-state index contributed by atoms with van der Waals surface area (Å²) in [5.41, 5.74) is 3.83. The number of nitrogens with one attached hydrogen (secondary N) is 2. The van der Waals surface area contributed by atoms with Gasteiger partial charge in [0.05, 0.1) is 0 Å². The third-order valence-electron chi connectivity index (χ3n) is 3.26. The fraction of sp³-hybridized carbons (Fsp3) is 0.462. The van der Waals surface area contributed by atoms with Gasteiger partial charge in [-0.3, -0.25) is 4.79 Å². The molecule has 3 N–H and O–H groups in total. The van der Waals surface area contributed by atoms with Crippen molar-refractivity contribution < 1.29 is 9.90 Å². The van der Waals surface area contributed by atoms with Crippen LogP contribution < -0.4 is 10.6 Å². The molecule has 1 atom stereocenters. The summed E-state index contributed by atoms with van der Waals surface area (Å²) in [4.78, 5) is 10.8. The summed E-state index contributed by atoms with van der Waals surface area (Å²) in [6.45, 7) is 0.393. The Morgan fingerprint density at radius 3 is 2.88 bits per heavy atom. The van der Waals surface area contributed by atoms with Crippen LogP contribution in [-0.4, -0.2) is 30.7 Å². The highest BCUT2D eigenvalue weighted by molar-refractivity contribution is 5.74. The number of rotatable bonds is 5. The van der Waals surface area contributed by atoms with Crippen LogP contribution in [0.1, 0.15) is 17.5 Å². The van der Waals surface area contributed by atoms with Crippen molar-refractivity contribution >= 4 is 11.7 Å². The molecule has 0 amide bonds. The summed E-state index contributed by atoms with van der Waals surface area (Å²) in [7, 11) is 1.66. The lowest BCUT2D eigenvalue weighted by Gasteiger charge is -2.14. The van der Waals surface area contributed by atoms with E-state index in [0.717, 1.165) is 12.1 Å². The van der Waals surface area contributed by atoms with E-state index in [2.05, 4.69) is 22.8 Å². The smallest absolute Gasteiger partial charge is 0.322 e. The first-order valence-corrected chi connectivity index (χ1v) is 5.96. The number of likely N-dealkylation sites (N-methyl/N-ethyl adjacent to an activating group) is 1. The fourth-order valence-electron chi connectivity index (χ4n) is 2.21. The monoisotopic (exact) mass is 234 g/mol. The Balaban J connectivity index is 1.97. The number of benzene rings is 1. The molecule has 1 aliphatic rings. The predicted molar refractivity (Wildman–Crippen MR) is 67.4 cm³/mol. The third-order valence-corrected chi connectivity index (χ3v) is 3.26. The van der Waals surface area contributed by atoms with Gasteiger partial charge in [-0.15, -0.1) is 0 Å². The van der Waals surface area contributed by atoms with Crippen LogP contribution in [0.15, 0.2) is 18.2 Å². The minimum Gasteiger partial charge on any atom is -0.480 e. The van der Waals surface area contributed by atoms with Crippen molar-refractivity contribution in [1.29, 1.82) is 0 Å². The average molecular weight is 234 g/mol. The van der Waals surface area contributed by atoms with Crippen molar-refractivity contribution in [1.82, 2.24) is 5.32 Å². The largest absolute Gasteiger partial charge is 0.480 e. The third kappa shape index (κ3) is 2.77. The minimum atomic E-state index is -0.832. The van der Waals surface area contributed by atoms with E-state index in [1.54, 1.807) is 7.05 Å². The first-order chi connectivity index (χ1) is 8.20. The van der Waals surface area contributed by atoms with Crippen molar-refractivity contribution in [3.8, 4) is 0 Å². The zero-order valence-corrected chi connectivity index (χ0v) is 9.99. The molecule has 0 fully saturated rings. The van der Waals surface area contributed by atoms with E-state index in [-0.39, 0.29) is 0 Å². The first kappa shape index (κ1) is 11.9. The second-order valence-corrected chi connectivity index (χ2v) is 4.40. The topological polar surface area (TPSA) is 61.4 Å². The second kappa shape index (κ2) is 5.19. The maximum Gasteiger partial charge on any atom is 0.322 e. The SMILES string of the molecule is CNC(CNc1ccc2c(c1)CCC2)C(=O)O. The van der Waals surface area contributed by atoms with Crippen molar-refractivity contribution in [3.05, 3.63) is 29.3 Å². The Bertz CT molecular complexity index is 418. The Morgan fingerprint density at radius 2 is 2.18 bits per heavy atom. The van der Waals surface area contributed by atoms with Gasteiger partial charge in [-0.05, 0) is 49.6 Å². The first-order valence-electron chi connectivity index (χ1n) is 5.96. The number of aliphatic carboxylic acids is 1. The summed E-state index contributed by atoms with van der Waals surface area (Å²) in [6, 6.07) is 5.75. The molecule has 0 aliphatic heterocycles. The van der Waals surface area contributed by atoms with Crippen molar-refractivity contribution in [2.75, 3.05) is 18.9 Å². The van der Waals surface area contributed by atoms with Gasteiger partial charge < -0.3 is 15.7 Å². The quantitative estimate of drug-likeness (QED) is 0.718. The highest BCUT2D eigenvalue weighted by atomic mass is 16.4. The van der Waals surface area contributed by atoms with Gasteiger partial charge in [-0.25, -0.2) is 0 Å². The highest BCUT2D eigenvalue weighted by Crippen LogP contribution is 2.24. The molecule has 1 aromatic rings. The number of hydrogen-bond acceptors (Lipinski definition) is 3. The molecule has 0 saturated carbocycles. The number of anilines is 1. The molecule has 4 nitrogen and oxygen atoms in total. The van der Waals surface area contributed by atoms with Crippen LogP contribution >= 0.6 is 0 Å². The van der Waals surface area contributed by atoms with Crippen LogP contribution in [0.5, 0.6) is 0 Å². The van der Waals surface area contributed by atoms with E-state index in [1.807, 2.05) is 6.07 Å². The number of aryl methyl sites for hydroxylation is 2. The summed E-state index contributed by atoms with van der Waals surface area (Å²) in [5.74, 6) is -0.832. The number of fused-ring (bicyclic) bond motifs is 1. The van der Waals surface area contributed by atoms with E-state index in [0.29, 0.717) is 6.54 Å². The average Bonchev–Trinajstić information content (AvgIpc) is 2.76. The maximum absolute atomic E-state index is 10.8. The molecule has 1 aromatic carbocycles. The van der Waals surface area contributed by atoms with Gasteiger partial charge in [0, 0.05) is 12.2 Å². The van der Waals surface area contributed by atoms with E-state index >= 15 is 0 Å². The number of hydrogen-bond donors (Lipinski definition) is 3. The summed E-state index contributed by atoms with van der Waals surface area (Å²) < 4.78 is 0. The normalized spacial score (nSPS) is 15.4. The van der Waals surface area contributed by atoms with Crippen molar-refractivity contribution in [2.45, 2.75) is 25.3 Å². The summed E-state index contributed by atoms with van der Waals surface area (Å²) in [5, 5.41) is 14.8. The van der Waals surface area contributed by atoms with Crippen molar-refractivity contribution in [3.63, 3.8) is 0 Å². The molecule has 1 unspecified atom stereocenters. The molecule has 4 heteroatoms. The molecule has 17 heavy (non-hydrogen) atoms. The molecule has 0 aromatic heterocycles. The molecule has 1 aliphatic carbocycles. The summed E-state index contributed by atoms with van der Waals surface area (Å²) in [6.07, 6.45) is 3.54. The lowest BCUT2D eigenvalue weighted by Crippen LogP contribution is -2.39. The van der Waals surface area contributed by atoms with Crippen LogP contribution in [-0.2, 0) is 17.6 Å². The van der Waals surface area contributed by atoms with Crippen LogP contribution in [0.25, 0.3) is 0 Å². The Hall–Kier alpha value is -1.55. The fourth-order valence-corrected chi connectivity index (χ4v) is 2.21. The van der Waals surface area contributed by atoms with Crippen LogP contribution in [0.4, 0.5) is 5.69 Å². The number of carboxylic acid groups (broad SMARTS) is 1. The van der Waals surface area contributed by atoms with E-state index < -0.39 is 12.0 Å². The van der Waals surface area contributed by atoms with Crippen LogP contribution in [0, 0.1) is 0 Å². The Labute approximate surface area is 101 Å². The molecule has 0 saturated heterocycles. The van der Waals surface area contributed by atoms with Crippen molar-refractivity contribution in [2.24, 2.45) is 0 Å². The summed E-state index contributed by atoms with van der Waals surface area (Å²) >= 11 is 0. The molecule has 0 bridgehead atoms. The van der Waals surface area contributed by atoms with Gasteiger partial charge in [-0.1, -0.05) is 6.07 Å². The zero-order chi connectivity index (χ0) is 12.3. The van der Waals surface area contributed by atoms with Gasteiger partial charge >= 0.3 is 5.97 Å². The van der Waals surface area contributed by atoms with Crippen LogP contribution in [0.3, 0.4) is 0 Å². The number of carbonyl (C=O) groups is 1. The zero-order valence-electron chi connectivity index (χ0n) is 9.99. The number of carboxylic acids is 1.